The number of nitrogen functional groups attached to an aromatic ring is 1. The first-order chi connectivity index (χ1) is 13.6. The fourth-order valence-corrected chi connectivity index (χ4v) is 2.91. The fraction of sp³-hybridized carbons (Fsp3) is 0.300. The molecule has 0 bridgehead atoms. The summed E-state index contributed by atoms with van der Waals surface area (Å²) in [5.74, 6) is -2.24. The largest absolute Gasteiger partial charge is 0.416 e. The van der Waals surface area contributed by atoms with Crippen LogP contribution in [-0.4, -0.2) is 11.8 Å². The normalized spacial score (nSPS) is 12.4. The van der Waals surface area contributed by atoms with Gasteiger partial charge in [0.15, 0.2) is 0 Å². The van der Waals surface area contributed by atoms with Crippen LogP contribution in [-0.2, 0) is 15.8 Å². The first kappa shape index (κ1) is 22.2. The van der Waals surface area contributed by atoms with Gasteiger partial charge >= 0.3 is 6.18 Å². The number of primary amides is 1. The van der Waals surface area contributed by atoms with Crippen molar-refractivity contribution in [2.75, 3.05) is 11.1 Å². The van der Waals surface area contributed by atoms with E-state index in [4.69, 9.17) is 11.5 Å². The Kier molecular flexibility index (Phi) is 7.19. The number of unbranched alkanes of at least 4 members (excludes halogenated alkanes) is 1. The van der Waals surface area contributed by atoms with Crippen LogP contribution in [0, 0.1) is 5.82 Å². The number of hydrogen-bond acceptors (Lipinski definition) is 3. The number of anilines is 2. The molecular formula is C20H21F4N3O2. The van der Waals surface area contributed by atoms with Gasteiger partial charge in [0.25, 0.3) is 0 Å². The predicted molar refractivity (Wildman–Crippen MR) is 101 cm³/mol. The lowest BCUT2D eigenvalue weighted by atomic mass is 9.90. The summed E-state index contributed by atoms with van der Waals surface area (Å²) in [6.45, 7) is 0. The zero-order chi connectivity index (χ0) is 21.6. The van der Waals surface area contributed by atoms with E-state index in [0.29, 0.717) is 18.5 Å². The molecule has 156 valence electrons. The van der Waals surface area contributed by atoms with Crippen molar-refractivity contribution in [1.29, 1.82) is 0 Å². The van der Waals surface area contributed by atoms with Gasteiger partial charge in [-0.3, -0.25) is 9.59 Å². The maximum Gasteiger partial charge on any atom is 0.416 e. The van der Waals surface area contributed by atoms with Gasteiger partial charge in [0.2, 0.25) is 11.8 Å². The van der Waals surface area contributed by atoms with Crippen molar-refractivity contribution < 1.29 is 27.2 Å². The third kappa shape index (κ3) is 6.48. The molecule has 29 heavy (non-hydrogen) atoms. The van der Waals surface area contributed by atoms with E-state index in [1.807, 2.05) is 0 Å². The van der Waals surface area contributed by atoms with E-state index in [0.717, 1.165) is 18.2 Å². The zero-order valence-electron chi connectivity index (χ0n) is 15.4. The number of rotatable bonds is 8. The molecule has 0 saturated carbocycles. The molecule has 5 N–H and O–H groups in total. The summed E-state index contributed by atoms with van der Waals surface area (Å²) >= 11 is 0. The van der Waals surface area contributed by atoms with Crippen LogP contribution in [0.4, 0.5) is 28.9 Å². The highest BCUT2D eigenvalue weighted by molar-refractivity contribution is 5.90. The van der Waals surface area contributed by atoms with Crippen molar-refractivity contribution in [2.45, 2.75) is 37.8 Å². The van der Waals surface area contributed by atoms with E-state index in [9.17, 15) is 27.2 Å². The minimum Gasteiger partial charge on any atom is -0.398 e. The van der Waals surface area contributed by atoms with Crippen LogP contribution in [0.3, 0.4) is 0 Å². The Morgan fingerprint density at radius 1 is 1.03 bits per heavy atom. The van der Waals surface area contributed by atoms with E-state index in [1.165, 1.54) is 24.3 Å². The van der Waals surface area contributed by atoms with Crippen LogP contribution in [0.1, 0.15) is 42.7 Å². The highest BCUT2D eigenvalue weighted by Crippen LogP contribution is 2.34. The van der Waals surface area contributed by atoms with Gasteiger partial charge in [0.1, 0.15) is 5.82 Å². The third-order valence-corrected chi connectivity index (χ3v) is 4.41. The first-order valence-electron chi connectivity index (χ1n) is 8.89. The Morgan fingerprint density at radius 3 is 2.24 bits per heavy atom. The van der Waals surface area contributed by atoms with Crippen LogP contribution >= 0.6 is 0 Å². The minimum absolute atomic E-state index is 0.155. The molecule has 0 heterocycles. The standard InChI is InChI=1S/C20H21F4N3O2/c21-13-6-8-14(9-7-13)27-18(28)4-2-1-3-16(19(26)29)15-10-5-12(11-17(15)25)20(22,23)24/h5-11,16H,1-4,25H2,(H2,26,29)(H,27,28). The van der Waals surface area contributed by atoms with Gasteiger partial charge in [-0.15, -0.1) is 0 Å². The maximum absolute atomic E-state index is 12.8. The smallest absolute Gasteiger partial charge is 0.398 e. The van der Waals surface area contributed by atoms with E-state index in [1.54, 1.807) is 0 Å². The fourth-order valence-electron chi connectivity index (χ4n) is 2.91. The molecule has 9 heteroatoms. The van der Waals surface area contributed by atoms with Gasteiger partial charge in [-0.05, 0) is 54.8 Å². The van der Waals surface area contributed by atoms with E-state index in [-0.39, 0.29) is 30.0 Å². The highest BCUT2D eigenvalue weighted by Gasteiger charge is 2.31. The van der Waals surface area contributed by atoms with Crippen LogP contribution in [0.15, 0.2) is 42.5 Å². The van der Waals surface area contributed by atoms with Crippen molar-refractivity contribution in [3.8, 4) is 0 Å². The quantitative estimate of drug-likeness (QED) is 0.345. The summed E-state index contributed by atoms with van der Waals surface area (Å²) in [7, 11) is 0. The van der Waals surface area contributed by atoms with Gasteiger partial charge < -0.3 is 16.8 Å². The van der Waals surface area contributed by atoms with Gasteiger partial charge in [-0.1, -0.05) is 12.5 Å². The number of benzene rings is 2. The third-order valence-electron chi connectivity index (χ3n) is 4.41. The van der Waals surface area contributed by atoms with Crippen molar-refractivity contribution in [2.24, 2.45) is 5.73 Å². The highest BCUT2D eigenvalue weighted by atomic mass is 19.4. The Balaban J connectivity index is 1.90. The SMILES string of the molecule is NC(=O)C(CCCCC(=O)Nc1ccc(F)cc1)c1ccc(C(F)(F)F)cc1N. The number of nitrogens with one attached hydrogen (secondary N) is 1. The lowest BCUT2D eigenvalue weighted by Gasteiger charge is -2.17. The average Bonchev–Trinajstić information content (AvgIpc) is 2.63. The summed E-state index contributed by atoms with van der Waals surface area (Å²) in [4.78, 5) is 23.7. The van der Waals surface area contributed by atoms with Crippen LogP contribution < -0.4 is 16.8 Å². The second kappa shape index (κ2) is 9.40. The van der Waals surface area contributed by atoms with Crippen molar-refractivity contribution >= 4 is 23.2 Å². The Morgan fingerprint density at radius 2 is 1.69 bits per heavy atom. The molecule has 0 aromatic heterocycles. The lowest BCUT2D eigenvalue weighted by Crippen LogP contribution is -2.23. The van der Waals surface area contributed by atoms with E-state index < -0.39 is 29.4 Å². The summed E-state index contributed by atoms with van der Waals surface area (Å²) in [5, 5.41) is 2.62. The van der Waals surface area contributed by atoms with Crippen LogP contribution in [0.2, 0.25) is 0 Å². The Bertz CT molecular complexity index is 867. The number of hydrogen-bond donors (Lipinski definition) is 3. The number of amides is 2. The molecule has 5 nitrogen and oxygen atoms in total. The summed E-state index contributed by atoms with van der Waals surface area (Å²) in [6, 6.07) is 8.12. The predicted octanol–water partition coefficient (Wildman–Crippen LogP) is 4.19. The monoisotopic (exact) mass is 411 g/mol. The number of halogens is 4. The number of alkyl halides is 3. The maximum atomic E-state index is 12.8. The molecule has 0 radical (unpaired) electrons. The molecule has 0 saturated heterocycles. The molecule has 0 aliphatic heterocycles. The van der Waals surface area contributed by atoms with Gasteiger partial charge in [0, 0.05) is 17.8 Å². The van der Waals surface area contributed by atoms with Gasteiger partial charge in [-0.25, -0.2) is 4.39 Å². The second-order valence-electron chi connectivity index (χ2n) is 6.60. The van der Waals surface area contributed by atoms with Crippen molar-refractivity contribution in [3.05, 3.63) is 59.4 Å². The first-order valence-corrected chi connectivity index (χ1v) is 8.89. The minimum atomic E-state index is -4.53. The average molecular weight is 411 g/mol. The number of nitrogens with two attached hydrogens (primary N) is 2. The van der Waals surface area contributed by atoms with E-state index >= 15 is 0 Å². The topological polar surface area (TPSA) is 98.2 Å². The number of carbonyl (C=O) groups excluding carboxylic acids is 2. The molecule has 2 aromatic rings. The Labute approximate surface area is 165 Å². The van der Waals surface area contributed by atoms with Crippen LogP contribution in [0.5, 0.6) is 0 Å². The summed E-state index contributed by atoms with van der Waals surface area (Å²) in [6.07, 6.45) is -3.27. The summed E-state index contributed by atoms with van der Waals surface area (Å²) < 4.78 is 51.1. The molecule has 0 aliphatic rings. The molecular weight excluding hydrogens is 390 g/mol. The van der Waals surface area contributed by atoms with E-state index in [2.05, 4.69) is 5.32 Å². The molecule has 2 aromatic carbocycles. The summed E-state index contributed by atoms with van der Waals surface area (Å²) in [5.41, 5.74) is 10.7. The molecule has 0 aliphatic carbocycles. The molecule has 2 rings (SSSR count). The molecule has 2 amide bonds. The molecule has 0 fully saturated rings. The van der Waals surface area contributed by atoms with Crippen molar-refractivity contribution in [3.63, 3.8) is 0 Å². The Hall–Kier alpha value is -3.10. The molecule has 1 atom stereocenters. The molecule has 0 spiro atoms. The lowest BCUT2D eigenvalue weighted by molar-refractivity contribution is -0.137. The van der Waals surface area contributed by atoms with Crippen molar-refractivity contribution in [1.82, 2.24) is 0 Å². The van der Waals surface area contributed by atoms with Gasteiger partial charge in [0.05, 0.1) is 11.5 Å². The number of carbonyl (C=O) groups is 2. The molecule has 1 unspecified atom stereocenters. The second-order valence-corrected chi connectivity index (χ2v) is 6.60. The van der Waals surface area contributed by atoms with Gasteiger partial charge in [-0.2, -0.15) is 13.2 Å². The zero-order valence-corrected chi connectivity index (χ0v) is 15.4. The van der Waals surface area contributed by atoms with Crippen LogP contribution in [0.25, 0.3) is 0 Å².